The van der Waals surface area contributed by atoms with Crippen LogP contribution in [0.25, 0.3) is 0 Å². The zero-order chi connectivity index (χ0) is 30.2. The highest BCUT2D eigenvalue weighted by molar-refractivity contribution is 5.72. The molecule has 0 saturated carbocycles. The van der Waals surface area contributed by atoms with Crippen LogP contribution in [0.5, 0.6) is 0 Å². The molecule has 3 rings (SSSR count). The summed E-state index contributed by atoms with van der Waals surface area (Å²) in [6.07, 6.45) is 17.1. The molecule has 2 saturated heterocycles. The number of esters is 2. The van der Waals surface area contributed by atoms with Crippen molar-refractivity contribution in [3.8, 4) is 0 Å². The Morgan fingerprint density at radius 3 is 2.54 bits per heavy atom. The van der Waals surface area contributed by atoms with E-state index < -0.39 is 11.7 Å². The Hall–Kier alpha value is -2.48. The summed E-state index contributed by atoms with van der Waals surface area (Å²) >= 11 is 0. The number of rotatable bonds is 5. The molecule has 2 fully saturated rings. The van der Waals surface area contributed by atoms with Crippen LogP contribution in [-0.2, 0) is 28.5 Å². The van der Waals surface area contributed by atoms with E-state index in [-0.39, 0.29) is 67.1 Å². The van der Waals surface area contributed by atoms with E-state index >= 15 is 0 Å². The van der Waals surface area contributed by atoms with Crippen molar-refractivity contribution < 1.29 is 33.6 Å². The van der Waals surface area contributed by atoms with Crippen LogP contribution in [0.15, 0.2) is 59.8 Å². The van der Waals surface area contributed by atoms with Crippen molar-refractivity contribution in [2.24, 2.45) is 23.7 Å². The Kier molecular flexibility index (Phi) is 12.2. The Bertz CT molecular complexity index is 1050. The van der Waals surface area contributed by atoms with Crippen LogP contribution < -0.4 is 0 Å². The molecule has 0 radical (unpaired) electrons. The molecule has 3 aliphatic heterocycles. The summed E-state index contributed by atoms with van der Waals surface area (Å²) in [4.78, 5) is 25.0. The molecule has 3 aliphatic rings. The molecule has 3 heterocycles. The number of carbonyl (C=O) groups excluding carboxylic acids is 2. The molecule has 0 aliphatic carbocycles. The molecule has 0 spiro atoms. The van der Waals surface area contributed by atoms with Crippen molar-refractivity contribution in [2.45, 2.75) is 111 Å². The van der Waals surface area contributed by atoms with E-state index in [1.807, 2.05) is 64.2 Å². The molecule has 0 amide bonds. The number of allylic oxidation sites excluding steroid dienone is 5. The predicted molar refractivity (Wildman–Crippen MR) is 160 cm³/mol. The van der Waals surface area contributed by atoms with Crippen molar-refractivity contribution >= 4 is 11.9 Å². The first-order valence-corrected chi connectivity index (χ1v) is 15.2. The molecule has 7 nitrogen and oxygen atoms in total. The average molecular weight is 571 g/mol. The van der Waals surface area contributed by atoms with Crippen molar-refractivity contribution in [1.82, 2.24) is 0 Å². The highest BCUT2D eigenvalue weighted by atomic mass is 16.7. The molecule has 2 bridgehead atoms. The van der Waals surface area contributed by atoms with Gasteiger partial charge in [0.15, 0.2) is 0 Å². The largest absolute Gasteiger partial charge is 0.462 e. The van der Waals surface area contributed by atoms with Gasteiger partial charge in [-0.25, -0.2) is 0 Å². The lowest BCUT2D eigenvalue weighted by Gasteiger charge is -2.41. The average Bonchev–Trinajstić information content (AvgIpc) is 2.93. The lowest BCUT2D eigenvalue weighted by Crippen LogP contribution is -2.50. The van der Waals surface area contributed by atoms with Gasteiger partial charge in [-0.2, -0.15) is 0 Å². The highest BCUT2D eigenvalue weighted by Gasteiger charge is 2.45. The fourth-order valence-corrected chi connectivity index (χ4v) is 6.06. The zero-order valence-corrected chi connectivity index (χ0v) is 25.9. The summed E-state index contributed by atoms with van der Waals surface area (Å²) in [5.74, 6) is -0.420. The van der Waals surface area contributed by atoms with Gasteiger partial charge in [-0.15, -0.1) is 0 Å². The summed E-state index contributed by atoms with van der Waals surface area (Å²) in [5, 5.41) is 11.2. The molecule has 0 aromatic carbocycles. The SMILES string of the molecule is CC[C@@H]1OC(=O)C[C@@](O)(C/C=C/C=C(\C)C2OC(=O)CC/C=C(\C)C(C)[C@@H]3OCOC(/C=C\C=C/[C@@H]2C)C3C)C1C. The van der Waals surface area contributed by atoms with Gasteiger partial charge in [0.2, 0.25) is 0 Å². The van der Waals surface area contributed by atoms with E-state index in [2.05, 4.69) is 32.9 Å². The van der Waals surface area contributed by atoms with Crippen molar-refractivity contribution in [3.05, 3.63) is 59.8 Å². The number of hydrogen-bond acceptors (Lipinski definition) is 7. The van der Waals surface area contributed by atoms with Crippen LogP contribution in [0, 0.1) is 23.7 Å². The molecule has 228 valence electrons. The van der Waals surface area contributed by atoms with Crippen LogP contribution in [-0.4, -0.2) is 53.9 Å². The molecule has 5 unspecified atom stereocenters. The van der Waals surface area contributed by atoms with Gasteiger partial charge in [0.05, 0.1) is 24.2 Å². The van der Waals surface area contributed by atoms with Crippen LogP contribution in [0.3, 0.4) is 0 Å². The second kappa shape index (κ2) is 15.1. The molecular weight excluding hydrogens is 520 g/mol. The minimum absolute atomic E-state index is 0.0155. The number of cyclic esters (lactones) is 2. The number of fused-ring (bicyclic) bond motifs is 2. The molecule has 0 aromatic heterocycles. The van der Waals surface area contributed by atoms with E-state index in [4.69, 9.17) is 18.9 Å². The Morgan fingerprint density at radius 2 is 1.80 bits per heavy atom. The second-order valence-electron chi connectivity index (χ2n) is 12.1. The van der Waals surface area contributed by atoms with Gasteiger partial charge >= 0.3 is 11.9 Å². The van der Waals surface area contributed by atoms with E-state index in [1.165, 1.54) is 5.57 Å². The van der Waals surface area contributed by atoms with E-state index in [0.717, 1.165) is 5.57 Å². The number of hydrogen-bond donors (Lipinski definition) is 1. The standard InChI is InChI=1S/C34H50O7/c1-8-28-27(7)34(37,20-31(36)40-28)19-12-11-15-24(4)32-23(3)14-9-10-17-29-26(6)33(39-21-38-29)25(5)22(2)16-13-18-30(35)41-32/h9-12,14-17,23,25-29,32-33,37H,8,13,18-21H2,1-7H3/b12-11+,14-9-,17-10-,22-16+,24-15+/t23-,25?,26?,27?,28-,29?,32?,33-,34-/m0/s1. The Labute approximate surface area is 246 Å². The van der Waals surface area contributed by atoms with Crippen molar-refractivity contribution in [3.63, 3.8) is 0 Å². The fraction of sp³-hybridized carbons (Fsp3) is 0.647. The third-order valence-electron chi connectivity index (χ3n) is 9.10. The van der Waals surface area contributed by atoms with Crippen LogP contribution >= 0.6 is 0 Å². The molecule has 0 aromatic rings. The minimum atomic E-state index is -1.14. The summed E-state index contributed by atoms with van der Waals surface area (Å²) in [6, 6.07) is 0. The maximum Gasteiger partial charge on any atom is 0.309 e. The Morgan fingerprint density at radius 1 is 1.07 bits per heavy atom. The normalized spacial score (nSPS) is 40.8. The van der Waals surface area contributed by atoms with E-state index in [9.17, 15) is 14.7 Å². The maximum absolute atomic E-state index is 12.9. The second-order valence-corrected chi connectivity index (χ2v) is 12.1. The lowest BCUT2D eigenvalue weighted by molar-refractivity contribution is -0.199. The van der Waals surface area contributed by atoms with Crippen LogP contribution in [0.2, 0.25) is 0 Å². The minimum Gasteiger partial charge on any atom is -0.462 e. The summed E-state index contributed by atoms with van der Waals surface area (Å²) in [7, 11) is 0. The monoisotopic (exact) mass is 570 g/mol. The smallest absolute Gasteiger partial charge is 0.309 e. The lowest BCUT2D eigenvalue weighted by atomic mass is 9.77. The third kappa shape index (κ3) is 8.76. The van der Waals surface area contributed by atoms with Gasteiger partial charge in [0.25, 0.3) is 0 Å². The van der Waals surface area contributed by atoms with Gasteiger partial charge in [-0.05, 0) is 38.7 Å². The molecule has 9 atom stereocenters. The molecular formula is C34H50O7. The summed E-state index contributed by atoms with van der Waals surface area (Å²) in [6.45, 7) is 14.6. The Balaban J connectivity index is 1.77. The van der Waals surface area contributed by atoms with Crippen LogP contribution in [0.4, 0.5) is 0 Å². The van der Waals surface area contributed by atoms with E-state index in [1.54, 1.807) is 0 Å². The van der Waals surface area contributed by atoms with Crippen molar-refractivity contribution in [1.29, 1.82) is 0 Å². The molecule has 41 heavy (non-hydrogen) atoms. The fourth-order valence-electron chi connectivity index (χ4n) is 6.06. The third-order valence-corrected chi connectivity index (χ3v) is 9.10. The van der Waals surface area contributed by atoms with Gasteiger partial charge < -0.3 is 24.1 Å². The number of aliphatic hydroxyl groups is 1. The zero-order valence-electron chi connectivity index (χ0n) is 25.9. The summed E-state index contributed by atoms with van der Waals surface area (Å²) in [5.41, 5.74) is 0.959. The molecule has 7 heteroatoms. The molecule has 1 N–H and O–H groups in total. The van der Waals surface area contributed by atoms with Gasteiger partial charge in [-0.1, -0.05) is 88.8 Å². The highest BCUT2D eigenvalue weighted by Crippen LogP contribution is 2.36. The number of ether oxygens (including phenoxy) is 4. The topological polar surface area (TPSA) is 91.3 Å². The predicted octanol–water partition coefficient (Wildman–Crippen LogP) is 6.39. The van der Waals surface area contributed by atoms with Crippen molar-refractivity contribution in [2.75, 3.05) is 6.79 Å². The van der Waals surface area contributed by atoms with Gasteiger partial charge in [-0.3, -0.25) is 9.59 Å². The van der Waals surface area contributed by atoms with Crippen LogP contribution in [0.1, 0.15) is 80.6 Å². The first kappa shape index (κ1) is 33.0. The maximum atomic E-state index is 12.9. The van der Waals surface area contributed by atoms with E-state index in [0.29, 0.717) is 25.7 Å². The van der Waals surface area contributed by atoms with Gasteiger partial charge in [0, 0.05) is 30.1 Å². The van der Waals surface area contributed by atoms with Gasteiger partial charge in [0.1, 0.15) is 19.0 Å². The summed E-state index contributed by atoms with van der Waals surface area (Å²) < 4.78 is 23.3. The first-order chi connectivity index (χ1) is 19.5. The quantitative estimate of drug-likeness (QED) is 0.233. The first-order valence-electron chi connectivity index (χ1n) is 15.2. The number of carbonyl (C=O) groups is 2.